The molecule has 0 radical (unpaired) electrons. The first-order valence-corrected chi connectivity index (χ1v) is 8.39. The Kier molecular flexibility index (Phi) is 3.98. The van der Waals surface area contributed by atoms with Gasteiger partial charge in [-0.05, 0) is 17.7 Å². The SMILES string of the molecule is Cn1cc(S(=O)(=O)N2CCNCC2c2cccc(F)c2)cn1. The fourth-order valence-corrected chi connectivity index (χ4v) is 4.24. The maximum absolute atomic E-state index is 13.5. The molecule has 0 amide bonds. The molecule has 22 heavy (non-hydrogen) atoms. The average molecular weight is 324 g/mol. The lowest BCUT2D eigenvalue weighted by Gasteiger charge is -2.35. The van der Waals surface area contributed by atoms with Crippen molar-refractivity contribution in [1.29, 1.82) is 0 Å². The van der Waals surface area contributed by atoms with Gasteiger partial charge in [-0.25, -0.2) is 12.8 Å². The Bertz CT molecular complexity index is 775. The Labute approximate surface area is 128 Å². The number of aryl methyl sites for hydroxylation is 1. The van der Waals surface area contributed by atoms with Gasteiger partial charge in [-0.3, -0.25) is 4.68 Å². The second-order valence-corrected chi connectivity index (χ2v) is 7.13. The third-order valence-corrected chi connectivity index (χ3v) is 5.58. The van der Waals surface area contributed by atoms with Crippen LogP contribution in [0.15, 0.2) is 41.6 Å². The highest BCUT2D eigenvalue weighted by molar-refractivity contribution is 7.89. The smallest absolute Gasteiger partial charge is 0.246 e. The van der Waals surface area contributed by atoms with Crippen LogP contribution in [0.2, 0.25) is 0 Å². The van der Waals surface area contributed by atoms with Crippen molar-refractivity contribution < 1.29 is 12.8 Å². The summed E-state index contributed by atoms with van der Waals surface area (Å²) in [5, 5.41) is 7.09. The second kappa shape index (κ2) is 5.79. The van der Waals surface area contributed by atoms with Crippen LogP contribution in [0, 0.1) is 5.82 Å². The first-order chi connectivity index (χ1) is 10.5. The molecule has 0 saturated carbocycles. The first-order valence-electron chi connectivity index (χ1n) is 6.95. The number of sulfonamides is 1. The van der Waals surface area contributed by atoms with Crippen molar-refractivity contribution in [1.82, 2.24) is 19.4 Å². The van der Waals surface area contributed by atoms with Crippen LogP contribution in [0.5, 0.6) is 0 Å². The molecule has 1 aromatic carbocycles. The molecule has 0 spiro atoms. The molecule has 1 N–H and O–H groups in total. The Morgan fingerprint density at radius 1 is 1.41 bits per heavy atom. The van der Waals surface area contributed by atoms with Gasteiger partial charge in [0.25, 0.3) is 0 Å². The summed E-state index contributed by atoms with van der Waals surface area (Å²) in [6, 6.07) is 5.62. The van der Waals surface area contributed by atoms with Gasteiger partial charge in [0.1, 0.15) is 10.7 Å². The molecule has 118 valence electrons. The average Bonchev–Trinajstić information content (AvgIpc) is 2.95. The Morgan fingerprint density at radius 3 is 2.91 bits per heavy atom. The predicted octanol–water partition coefficient (Wildman–Crippen LogP) is 0.894. The van der Waals surface area contributed by atoms with Crippen LogP contribution in [0.25, 0.3) is 0 Å². The Morgan fingerprint density at radius 2 is 2.23 bits per heavy atom. The van der Waals surface area contributed by atoms with E-state index >= 15 is 0 Å². The van der Waals surface area contributed by atoms with Crippen molar-refractivity contribution in [2.24, 2.45) is 7.05 Å². The van der Waals surface area contributed by atoms with E-state index in [2.05, 4.69) is 10.4 Å². The van der Waals surface area contributed by atoms with E-state index in [4.69, 9.17) is 0 Å². The minimum absolute atomic E-state index is 0.151. The summed E-state index contributed by atoms with van der Waals surface area (Å²) in [5.74, 6) is -0.373. The molecule has 0 bridgehead atoms. The first kappa shape index (κ1) is 15.1. The molecule has 8 heteroatoms. The number of hydrogen-bond donors (Lipinski definition) is 1. The monoisotopic (exact) mass is 324 g/mol. The van der Waals surface area contributed by atoms with Crippen molar-refractivity contribution in [3.8, 4) is 0 Å². The number of hydrogen-bond acceptors (Lipinski definition) is 4. The van der Waals surface area contributed by atoms with Crippen molar-refractivity contribution in [3.05, 3.63) is 48.0 Å². The molecular weight excluding hydrogens is 307 g/mol. The van der Waals surface area contributed by atoms with Crippen molar-refractivity contribution in [2.75, 3.05) is 19.6 Å². The molecule has 1 fully saturated rings. The summed E-state index contributed by atoms with van der Waals surface area (Å²) in [6.45, 7) is 1.34. The molecule has 1 saturated heterocycles. The van der Waals surface area contributed by atoms with E-state index in [1.165, 1.54) is 33.5 Å². The van der Waals surface area contributed by atoms with Crippen LogP contribution in [0.1, 0.15) is 11.6 Å². The summed E-state index contributed by atoms with van der Waals surface area (Å²) in [4.78, 5) is 0.151. The summed E-state index contributed by atoms with van der Waals surface area (Å²) < 4.78 is 42.0. The maximum Gasteiger partial charge on any atom is 0.246 e. The lowest BCUT2D eigenvalue weighted by molar-refractivity contribution is 0.271. The largest absolute Gasteiger partial charge is 0.313 e. The van der Waals surface area contributed by atoms with E-state index in [-0.39, 0.29) is 10.7 Å². The van der Waals surface area contributed by atoms with Crippen LogP contribution in [-0.4, -0.2) is 42.1 Å². The van der Waals surface area contributed by atoms with Crippen LogP contribution >= 0.6 is 0 Å². The van der Waals surface area contributed by atoms with Gasteiger partial charge in [0, 0.05) is 32.9 Å². The predicted molar refractivity (Wildman–Crippen MR) is 79.1 cm³/mol. The number of aromatic nitrogens is 2. The van der Waals surface area contributed by atoms with Crippen LogP contribution in [0.3, 0.4) is 0 Å². The van der Waals surface area contributed by atoms with Gasteiger partial charge >= 0.3 is 0 Å². The van der Waals surface area contributed by atoms with E-state index in [1.54, 1.807) is 19.2 Å². The van der Waals surface area contributed by atoms with E-state index in [9.17, 15) is 12.8 Å². The van der Waals surface area contributed by atoms with Crippen LogP contribution in [0.4, 0.5) is 4.39 Å². The van der Waals surface area contributed by atoms with E-state index in [0.29, 0.717) is 25.2 Å². The highest BCUT2D eigenvalue weighted by Crippen LogP contribution is 2.28. The molecular formula is C14H17FN4O2S. The highest BCUT2D eigenvalue weighted by atomic mass is 32.2. The van der Waals surface area contributed by atoms with Crippen LogP contribution < -0.4 is 5.32 Å². The number of nitrogens with zero attached hydrogens (tertiary/aromatic N) is 3. The molecule has 6 nitrogen and oxygen atoms in total. The summed E-state index contributed by atoms with van der Waals surface area (Å²) in [6.07, 6.45) is 2.81. The Hall–Kier alpha value is -1.77. The molecule has 3 rings (SSSR count). The maximum atomic E-state index is 13.5. The van der Waals surface area contributed by atoms with Crippen LogP contribution in [-0.2, 0) is 17.1 Å². The van der Waals surface area contributed by atoms with Crippen molar-refractivity contribution in [3.63, 3.8) is 0 Å². The van der Waals surface area contributed by atoms with E-state index in [0.717, 1.165) is 0 Å². The number of benzene rings is 1. The summed E-state index contributed by atoms with van der Waals surface area (Å²) in [7, 11) is -2.00. The molecule has 1 aliphatic heterocycles. The number of rotatable bonds is 3. The standard InChI is InChI=1S/C14H17FN4O2S/c1-18-10-13(8-17-18)22(20,21)19-6-5-16-9-14(19)11-3-2-4-12(15)7-11/h2-4,7-8,10,14,16H,5-6,9H2,1H3. The van der Waals surface area contributed by atoms with Gasteiger partial charge in [-0.1, -0.05) is 12.1 Å². The molecule has 1 aliphatic rings. The molecule has 1 aromatic heterocycles. The topological polar surface area (TPSA) is 67.2 Å². The van der Waals surface area contributed by atoms with Crippen molar-refractivity contribution in [2.45, 2.75) is 10.9 Å². The fraction of sp³-hybridized carbons (Fsp3) is 0.357. The minimum Gasteiger partial charge on any atom is -0.313 e. The van der Waals surface area contributed by atoms with Gasteiger partial charge in [0.05, 0.1) is 12.2 Å². The highest BCUT2D eigenvalue weighted by Gasteiger charge is 2.35. The van der Waals surface area contributed by atoms with Gasteiger partial charge in [-0.2, -0.15) is 9.40 Å². The molecule has 2 heterocycles. The molecule has 1 atom stereocenters. The zero-order chi connectivity index (χ0) is 15.7. The van der Waals surface area contributed by atoms with Gasteiger partial charge in [-0.15, -0.1) is 0 Å². The molecule has 2 aromatic rings. The van der Waals surface area contributed by atoms with E-state index < -0.39 is 16.1 Å². The third kappa shape index (κ3) is 2.77. The van der Waals surface area contributed by atoms with Crippen molar-refractivity contribution >= 4 is 10.0 Å². The minimum atomic E-state index is -3.66. The van der Waals surface area contributed by atoms with E-state index in [1.807, 2.05) is 0 Å². The van der Waals surface area contributed by atoms with Gasteiger partial charge < -0.3 is 5.32 Å². The number of piperazine rings is 1. The zero-order valence-corrected chi connectivity index (χ0v) is 12.9. The number of halogens is 1. The zero-order valence-electron chi connectivity index (χ0n) is 12.1. The normalized spacial score (nSPS) is 20.2. The molecule has 0 aliphatic carbocycles. The summed E-state index contributed by atoms with van der Waals surface area (Å²) in [5.41, 5.74) is 0.639. The summed E-state index contributed by atoms with van der Waals surface area (Å²) >= 11 is 0. The second-order valence-electron chi connectivity index (χ2n) is 5.24. The number of nitrogens with one attached hydrogen (secondary N) is 1. The quantitative estimate of drug-likeness (QED) is 0.911. The fourth-order valence-electron chi connectivity index (χ4n) is 2.64. The lowest BCUT2D eigenvalue weighted by Crippen LogP contribution is -2.48. The third-order valence-electron chi connectivity index (χ3n) is 3.72. The van der Waals surface area contributed by atoms with Gasteiger partial charge in [0.15, 0.2) is 0 Å². The Balaban J connectivity index is 1.99. The lowest BCUT2D eigenvalue weighted by atomic mass is 10.1. The molecule has 1 unspecified atom stereocenters. The van der Waals surface area contributed by atoms with Gasteiger partial charge in [0.2, 0.25) is 10.0 Å².